The molecule has 2 aromatic rings. The van der Waals surface area contributed by atoms with E-state index in [0.717, 1.165) is 0 Å². The Morgan fingerprint density at radius 2 is 2.29 bits per heavy atom. The third kappa shape index (κ3) is 2.47. The van der Waals surface area contributed by atoms with Crippen LogP contribution in [0.5, 0.6) is 0 Å². The lowest BCUT2D eigenvalue weighted by molar-refractivity contribution is -0.613. The van der Waals surface area contributed by atoms with Crippen molar-refractivity contribution >= 4 is 5.78 Å². The van der Waals surface area contributed by atoms with Crippen LogP contribution in [0.4, 0.5) is 0 Å². The second kappa shape index (κ2) is 4.32. The smallest absolute Gasteiger partial charge is 0.206 e. The average Bonchev–Trinajstić information content (AvgIpc) is 2.67. The van der Waals surface area contributed by atoms with E-state index in [0.29, 0.717) is 21.9 Å². The predicted molar refractivity (Wildman–Crippen MR) is 59.4 cm³/mol. The van der Waals surface area contributed by atoms with E-state index in [4.69, 9.17) is 0 Å². The van der Waals surface area contributed by atoms with Crippen molar-refractivity contribution in [1.82, 2.24) is 14.8 Å². The molecule has 0 saturated carbocycles. The molecule has 2 rings (SSSR count). The van der Waals surface area contributed by atoms with Gasteiger partial charge >= 0.3 is 0 Å². The van der Waals surface area contributed by atoms with Crippen molar-refractivity contribution in [2.24, 2.45) is 0 Å². The standard InChI is InChI=1S/C11H12N4O2/c1-8(16)5-10-3-4-11(6-15(10)17)14-7-12-9(2)13-14/h3-4,6-7H,5H2,1-2H3. The molecule has 0 aliphatic rings. The van der Waals surface area contributed by atoms with Gasteiger partial charge in [-0.15, -0.1) is 0 Å². The maximum absolute atomic E-state index is 11.7. The molecule has 6 heteroatoms. The van der Waals surface area contributed by atoms with Gasteiger partial charge in [-0.3, -0.25) is 4.79 Å². The first kappa shape index (κ1) is 11.3. The lowest BCUT2D eigenvalue weighted by Gasteiger charge is -2.05. The van der Waals surface area contributed by atoms with E-state index in [1.165, 1.54) is 24.1 Å². The Bertz CT molecular complexity index is 562. The highest BCUT2D eigenvalue weighted by molar-refractivity contribution is 5.77. The van der Waals surface area contributed by atoms with Crippen molar-refractivity contribution in [1.29, 1.82) is 0 Å². The number of Topliss-reactive ketones (excluding diaryl/α,β-unsaturated/α-hetero) is 1. The topological polar surface area (TPSA) is 74.7 Å². The molecule has 17 heavy (non-hydrogen) atoms. The van der Waals surface area contributed by atoms with Gasteiger partial charge in [-0.05, 0) is 19.9 Å². The van der Waals surface area contributed by atoms with Crippen LogP contribution in [0.15, 0.2) is 24.7 Å². The lowest BCUT2D eigenvalue weighted by Crippen LogP contribution is -2.33. The molecule has 0 aromatic carbocycles. The summed E-state index contributed by atoms with van der Waals surface area (Å²) < 4.78 is 2.20. The summed E-state index contributed by atoms with van der Waals surface area (Å²) in [5.74, 6) is 0.592. The molecular weight excluding hydrogens is 220 g/mol. The fraction of sp³-hybridized carbons (Fsp3) is 0.273. The normalized spacial score (nSPS) is 10.5. The number of nitrogens with zero attached hydrogens (tertiary/aromatic N) is 4. The number of hydrogen-bond acceptors (Lipinski definition) is 4. The summed E-state index contributed by atoms with van der Waals surface area (Å²) in [5, 5.41) is 15.8. The van der Waals surface area contributed by atoms with Crippen molar-refractivity contribution in [2.75, 3.05) is 0 Å². The van der Waals surface area contributed by atoms with Crippen molar-refractivity contribution < 1.29 is 9.52 Å². The van der Waals surface area contributed by atoms with Crippen molar-refractivity contribution in [2.45, 2.75) is 20.3 Å². The highest BCUT2D eigenvalue weighted by Crippen LogP contribution is 2.04. The summed E-state index contributed by atoms with van der Waals surface area (Å²) >= 11 is 0. The van der Waals surface area contributed by atoms with E-state index >= 15 is 0 Å². The first-order valence-electron chi connectivity index (χ1n) is 5.16. The minimum Gasteiger partial charge on any atom is -0.618 e. The van der Waals surface area contributed by atoms with Crippen LogP contribution in [0.1, 0.15) is 18.4 Å². The second-order valence-corrected chi connectivity index (χ2v) is 3.82. The van der Waals surface area contributed by atoms with Gasteiger partial charge in [-0.2, -0.15) is 9.83 Å². The van der Waals surface area contributed by atoms with Gasteiger partial charge in [0, 0.05) is 6.07 Å². The van der Waals surface area contributed by atoms with Crippen LogP contribution in [-0.4, -0.2) is 20.5 Å². The predicted octanol–water partition coefficient (Wildman–Crippen LogP) is 0.341. The fourth-order valence-electron chi connectivity index (χ4n) is 1.50. The molecule has 0 atom stereocenters. The maximum Gasteiger partial charge on any atom is 0.206 e. The van der Waals surface area contributed by atoms with E-state index in [9.17, 15) is 10.0 Å². The third-order valence-electron chi connectivity index (χ3n) is 2.28. The minimum absolute atomic E-state index is 0.0426. The van der Waals surface area contributed by atoms with Gasteiger partial charge in [0.2, 0.25) is 6.20 Å². The summed E-state index contributed by atoms with van der Waals surface area (Å²) in [6.45, 7) is 3.22. The van der Waals surface area contributed by atoms with Gasteiger partial charge in [0.1, 0.15) is 23.6 Å². The quantitative estimate of drug-likeness (QED) is 0.565. The number of carbonyl (C=O) groups is 1. The summed E-state index contributed by atoms with van der Waals surface area (Å²) in [6, 6.07) is 3.36. The number of carbonyl (C=O) groups excluding carboxylic acids is 1. The molecule has 0 saturated heterocycles. The third-order valence-corrected chi connectivity index (χ3v) is 2.28. The van der Waals surface area contributed by atoms with E-state index in [2.05, 4.69) is 10.1 Å². The van der Waals surface area contributed by atoms with Crippen LogP contribution in [0.25, 0.3) is 5.69 Å². The summed E-state index contributed by atoms with van der Waals surface area (Å²) in [5.41, 5.74) is 1.05. The van der Waals surface area contributed by atoms with Crippen LogP contribution in [-0.2, 0) is 11.2 Å². The van der Waals surface area contributed by atoms with Crippen LogP contribution in [0.2, 0.25) is 0 Å². The molecule has 0 N–H and O–H groups in total. The van der Waals surface area contributed by atoms with E-state index < -0.39 is 0 Å². The number of aromatic nitrogens is 4. The molecule has 2 heterocycles. The number of aryl methyl sites for hydroxylation is 1. The Kier molecular flexibility index (Phi) is 2.86. The Hall–Kier alpha value is -2.24. The summed E-state index contributed by atoms with van der Waals surface area (Å²) in [4.78, 5) is 14.9. The molecule has 0 spiro atoms. The van der Waals surface area contributed by atoms with Gasteiger partial charge in [0.15, 0.2) is 5.69 Å². The summed E-state index contributed by atoms with van der Waals surface area (Å²) in [6.07, 6.45) is 3.06. The minimum atomic E-state index is -0.0426. The molecule has 0 radical (unpaired) electrons. The molecule has 0 unspecified atom stereocenters. The zero-order valence-electron chi connectivity index (χ0n) is 9.62. The zero-order valence-corrected chi connectivity index (χ0v) is 9.62. The number of ketones is 1. The molecule has 0 bridgehead atoms. The van der Waals surface area contributed by atoms with Gasteiger partial charge < -0.3 is 5.21 Å². The first-order valence-corrected chi connectivity index (χ1v) is 5.16. The molecule has 6 nitrogen and oxygen atoms in total. The molecule has 0 amide bonds. The van der Waals surface area contributed by atoms with Gasteiger partial charge in [0.25, 0.3) is 0 Å². The van der Waals surface area contributed by atoms with E-state index in [1.54, 1.807) is 19.1 Å². The Labute approximate surface area is 98.1 Å². The SMILES string of the molecule is CC(=O)Cc1ccc(-n2cnc(C)n2)c[n+]1[O-]. The lowest BCUT2D eigenvalue weighted by atomic mass is 10.2. The van der Waals surface area contributed by atoms with Crippen LogP contribution in [0.3, 0.4) is 0 Å². The Balaban J connectivity index is 2.33. The number of rotatable bonds is 3. The monoisotopic (exact) mass is 232 g/mol. The molecule has 0 aliphatic heterocycles. The van der Waals surface area contributed by atoms with Crippen molar-refractivity contribution in [3.8, 4) is 5.69 Å². The Morgan fingerprint density at radius 1 is 1.53 bits per heavy atom. The van der Waals surface area contributed by atoms with Gasteiger partial charge in [0.05, 0.1) is 6.42 Å². The molecule has 2 aromatic heterocycles. The highest BCUT2D eigenvalue weighted by atomic mass is 16.5. The fourth-order valence-corrected chi connectivity index (χ4v) is 1.50. The van der Waals surface area contributed by atoms with Crippen LogP contribution >= 0.6 is 0 Å². The van der Waals surface area contributed by atoms with Gasteiger partial charge in [-0.1, -0.05) is 0 Å². The summed E-state index contributed by atoms with van der Waals surface area (Å²) in [7, 11) is 0. The molecule has 0 aliphatic carbocycles. The zero-order chi connectivity index (χ0) is 12.4. The molecular formula is C11H12N4O2. The van der Waals surface area contributed by atoms with Crippen LogP contribution in [0, 0.1) is 12.1 Å². The van der Waals surface area contributed by atoms with E-state index in [1.807, 2.05) is 0 Å². The largest absolute Gasteiger partial charge is 0.618 e. The molecule has 88 valence electrons. The highest BCUT2D eigenvalue weighted by Gasteiger charge is 2.10. The number of hydrogen-bond donors (Lipinski definition) is 0. The average molecular weight is 232 g/mol. The van der Waals surface area contributed by atoms with E-state index in [-0.39, 0.29) is 12.2 Å². The van der Waals surface area contributed by atoms with Crippen molar-refractivity contribution in [3.63, 3.8) is 0 Å². The first-order chi connectivity index (χ1) is 8.06. The number of pyridine rings is 1. The van der Waals surface area contributed by atoms with Gasteiger partial charge in [-0.25, -0.2) is 9.67 Å². The maximum atomic E-state index is 11.7. The Morgan fingerprint density at radius 3 is 2.82 bits per heavy atom. The molecule has 0 fully saturated rings. The van der Waals surface area contributed by atoms with Crippen LogP contribution < -0.4 is 4.73 Å². The van der Waals surface area contributed by atoms with Crippen molar-refractivity contribution in [3.05, 3.63) is 41.4 Å². The second-order valence-electron chi connectivity index (χ2n) is 3.82.